The SMILES string of the molecule is CNCC(=O)N(C)Cc1scnc1C. The molecule has 5 heteroatoms. The van der Waals surface area contributed by atoms with E-state index in [0.717, 1.165) is 10.6 Å². The van der Waals surface area contributed by atoms with E-state index in [1.54, 1.807) is 35.8 Å². The molecule has 0 unspecified atom stereocenters. The number of carbonyl (C=O) groups excluding carboxylic acids is 1. The van der Waals surface area contributed by atoms with Crippen molar-refractivity contribution in [1.82, 2.24) is 15.2 Å². The number of hydrogen-bond donors (Lipinski definition) is 1. The predicted octanol–water partition coefficient (Wildman–Crippen LogP) is 0.629. The van der Waals surface area contributed by atoms with Gasteiger partial charge in [-0.1, -0.05) is 0 Å². The van der Waals surface area contributed by atoms with Crippen LogP contribution in [0, 0.1) is 6.92 Å². The van der Waals surface area contributed by atoms with Crippen molar-refractivity contribution >= 4 is 17.2 Å². The van der Waals surface area contributed by atoms with Crippen molar-refractivity contribution in [1.29, 1.82) is 0 Å². The molecule has 0 aromatic carbocycles. The maximum Gasteiger partial charge on any atom is 0.236 e. The monoisotopic (exact) mass is 213 g/mol. The van der Waals surface area contributed by atoms with Gasteiger partial charge in [0.2, 0.25) is 5.91 Å². The first kappa shape index (κ1) is 11.1. The average Bonchev–Trinajstić information content (AvgIpc) is 2.52. The first-order valence-corrected chi connectivity index (χ1v) is 5.30. The second-order valence-corrected chi connectivity index (χ2v) is 4.08. The molecule has 0 radical (unpaired) electrons. The van der Waals surface area contributed by atoms with Crippen molar-refractivity contribution in [2.24, 2.45) is 0 Å². The highest BCUT2D eigenvalue weighted by atomic mass is 32.1. The summed E-state index contributed by atoms with van der Waals surface area (Å²) in [4.78, 5) is 18.4. The summed E-state index contributed by atoms with van der Waals surface area (Å²) in [6, 6.07) is 0. The van der Waals surface area contributed by atoms with Gasteiger partial charge in [0.1, 0.15) is 0 Å². The quantitative estimate of drug-likeness (QED) is 0.798. The zero-order valence-corrected chi connectivity index (χ0v) is 9.52. The summed E-state index contributed by atoms with van der Waals surface area (Å²) < 4.78 is 0. The highest BCUT2D eigenvalue weighted by Crippen LogP contribution is 2.13. The lowest BCUT2D eigenvalue weighted by Crippen LogP contribution is -2.33. The summed E-state index contributed by atoms with van der Waals surface area (Å²) in [6.07, 6.45) is 0. The van der Waals surface area contributed by atoms with E-state index in [9.17, 15) is 4.79 Å². The van der Waals surface area contributed by atoms with Crippen LogP contribution in [0.25, 0.3) is 0 Å². The Morgan fingerprint density at radius 3 is 2.93 bits per heavy atom. The fourth-order valence-electron chi connectivity index (χ4n) is 1.07. The lowest BCUT2D eigenvalue weighted by molar-refractivity contribution is -0.129. The normalized spacial score (nSPS) is 10.2. The Morgan fingerprint density at radius 1 is 1.71 bits per heavy atom. The fourth-order valence-corrected chi connectivity index (χ4v) is 1.90. The smallest absolute Gasteiger partial charge is 0.236 e. The Balaban J connectivity index is 2.52. The number of nitrogens with one attached hydrogen (secondary N) is 1. The minimum atomic E-state index is 0.0975. The van der Waals surface area contributed by atoms with Gasteiger partial charge in [0.05, 0.1) is 24.3 Å². The van der Waals surface area contributed by atoms with Crippen LogP contribution >= 0.6 is 11.3 Å². The Bertz CT molecular complexity index is 311. The molecule has 0 saturated heterocycles. The van der Waals surface area contributed by atoms with Crippen molar-refractivity contribution in [3.63, 3.8) is 0 Å². The van der Waals surface area contributed by atoms with E-state index in [4.69, 9.17) is 0 Å². The van der Waals surface area contributed by atoms with Gasteiger partial charge in [-0.05, 0) is 14.0 Å². The third-order valence-corrected chi connectivity index (χ3v) is 2.90. The summed E-state index contributed by atoms with van der Waals surface area (Å²) in [5.41, 5.74) is 2.82. The van der Waals surface area contributed by atoms with Gasteiger partial charge in [-0.15, -0.1) is 11.3 Å². The zero-order chi connectivity index (χ0) is 10.6. The summed E-state index contributed by atoms with van der Waals surface area (Å²) in [5, 5.41) is 2.84. The molecular weight excluding hydrogens is 198 g/mol. The van der Waals surface area contributed by atoms with Gasteiger partial charge < -0.3 is 10.2 Å². The van der Waals surface area contributed by atoms with E-state index in [1.165, 1.54) is 0 Å². The van der Waals surface area contributed by atoms with E-state index in [0.29, 0.717) is 13.1 Å². The second-order valence-electron chi connectivity index (χ2n) is 3.14. The minimum Gasteiger partial charge on any atom is -0.339 e. The van der Waals surface area contributed by atoms with Crippen LogP contribution in [-0.4, -0.2) is 36.4 Å². The third-order valence-electron chi connectivity index (χ3n) is 1.98. The number of carbonyl (C=O) groups is 1. The van der Waals surface area contributed by atoms with E-state index in [-0.39, 0.29) is 5.91 Å². The number of thiazole rings is 1. The lowest BCUT2D eigenvalue weighted by Gasteiger charge is -2.15. The molecule has 4 nitrogen and oxygen atoms in total. The molecule has 1 aromatic rings. The number of hydrogen-bond acceptors (Lipinski definition) is 4. The van der Waals surface area contributed by atoms with Gasteiger partial charge >= 0.3 is 0 Å². The van der Waals surface area contributed by atoms with Crippen molar-refractivity contribution < 1.29 is 4.79 Å². The molecule has 0 atom stereocenters. The first-order valence-electron chi connectivity index (χ1n) is 4.42. The van der Waals surface area contributed by atoms with Crippen molar-refractivity contribution in [3.05, 3.63) is 16.1 Å². The van der Waals surface area contributed by atoms with E-state index >= 15 is 0 Å². The van der Waals surface area contributed by atoms with Crippen LogP contribution in [0.3, 0.4) is 0 Å². The van der Waals surface area contributed by atoms with Gasteiger partial charge in [0.15, 0.2) is 0 Å². The molecule has 0 aliphatic carbocycles. The highest BCUT2D eigenvalue weighted by molar-refractivity contribution is 7.09. The predicted molar refractivity (Wildman–Crippen MR) is 57.3 cm³/mol. The third kappa shape index (κ3) is 2.78. The van der Waals surface area contributed by atoms with Gasteiger partial charge in [-0.3, -0.25) is 4.79 Å². The molecule has 0 aliphatic heterocycles. The highest BCUT2D eigenvalue weighted by Gasteiger charge is 2.10. The maximum atomic E-state index is 11.4. The van der Waals surface area contributed by atoms with Gasteiger partial charge in [0.25, 0.3) is 0 Å². The molecule has 0 aliphatic rings. The Labute approximate surface area is 88.0 Å². The molecule has 0 spiro atoms. The number of rotatable bonds is 4. The Hall–Kier alpha value is -0.940. The molecule has 0 saturated carbocycles. The largest absolute Gasteiger partial charge is 0.339 e. The van der Waals surface area contributed by atoms with Crippen LogP contribution in [0.4, 0.5) is 0 Å². The van der Waals surface area contributed by atoms with Crippen molar-refractivity contribution in [3.8, 4) is 0 Å². The number of aryl methyl sites for hydroxylation is 1. The number of nitrogens with zero attached hydrogens (tertiary/aromatic N) is 2. The van der Waals surface area contributed by atoms with E-state index in [2.05, 4.69) is 10.3 Å². The van der Waals surface area contributed by atoms with Crippen molar-refractivity contribution in [2.45, 2.75) is 13.5 Å². The van der Waals surface area contributed by atoms with Crippen LogP contribution in [-0.2, 0) is 11.3 Å². The van der Waals surface area contributed by atoms with Crippen LogP contribution < -0.4 is 5.32 Å². The summed E-state index contributed by atoms with van der Waals surface area (Å²) in [7, 11) is 3.57. The van der Waals surface area contributed by atoms with Crippen LogP contribution in [0.2, 0.25) is 0 Å². The summed E-state index contributed by atoms with van der Waals surface area (Å²) >= 11 is 1.59. The maximum absolute atomic E-state index is 11.4. The lowest BCUT2D eigenvalue weighted by atomic mass is 10.3. The Morgan fingerprint density at radius 2 is 2.43 bits per heavy atom. The van der Waals surface area contributed by atoms with Gasteiger partial charge in [-0.2, -0.15) is 0 Å². The number of amides is 1. The molecular formula is C9H15N3OS. The number of aromatic nitrogens is 1. The van der Waals surface area contributed by atoms with E-state index in [1.807, 2.05) is 6.92 Å². The van der Waals surface area contributed by atoms with E-state index < -0.39 is 0 Å². The van der Waals surface area contributed by atoms with Crippen LogP contribution in [0.5, 0.6) is 0 Å². The van der Waals surface area contributed by atoms with Crippen molar-refractivity contribution in [2.75, 3.05) is 20.6 Å². The van der Waals surface area contributed by atoms with Crippen LogP contribution in [0.1, 0.15) is 10.6 Å². The van der Waals surface area contributed by atoms with Gasteiger partial charge in [0, 0.05) is 11.9 Å². The molecule has 0 bridgehead atoms. The molecule has 78 valence electrons. The first-order chi connectivity index (χ1) is 6.65. The summed E-state index contributed by atoms with van der Waals surface area (Å²) in [5.74, 6) is 0.0975. The molecule has 1 heterocycles. The molecule has 1 amide bonds. The topological polar surface area (TPSA) is 45.2 Å². The average molecular weight is 213 g/mol. The standard InChI is InChI=1S/C9H15N3OS/c1-7-8(14-6-11-7)5-12(3)9(13)4-10-2/h6,10H,4-5H2,1-3H3. The second kappa shape index (κ2) is 5.07. The molecule has 1 rings (SSSR count). The fraction of sp³-hybridized carbons (Fsp3) is 0.556. The summed E-state index contributed by atoms with van der Waals surface area (Å²) in [6.45, 7) is 2.99. The molecule has 14 heavy (non-hydrogen) atoms. The molecule has 1 N–H and O–H groups in total. The molecule has 0 fully saturated rings. The van der Waals surface area contributed by atoms with Gasteiger partial charge in [-0.25, -0.2) is 4.98 Å². The Kier molecular flexibility index (Phi) is 4.03. The number of likely N-dealkylation sites (N-methyl/N-ethyl adjacent to an activating group) is 2. The zero-order valence-electron chi connectivity index (χ0n) is 8.70. The van der Waals surface area contributed by atoms with Crippen LogP contribution in [0.15, 0.2) is 5.51 Å². The minimum absolute atomic E-state index is 0.0975. The molecule has 1 aromatic heterocycles.